The second-order valence-corrected chi connectivity index (χ2v) is 5.32. The van der Waals surface area contributed by atoms with Crippen LogP contribution in [0.15, 0.2) is 12.4 Å². The quantitative estimate of drug-likeness (QED) is 0.908. The molecule has 2 heterocycles. The van der Waals surface area contributed by atoms with Crippen LogP contribution < -0.4 is 5.32 Å². The van der Waals surface area contributed by atoms with Gasteiger partial charge in [-0.05, 0) is 25.8 Å². The minimum Gasteiger partial charge on any atom is -0.309 e. The molecule has 1 N–H and O–H groups in total. The molecule has 0 atom stereocenters. The summed E-state index contributed by atoms with van der Waals surface area (Å²) in [5.41, 5.74) is 4.44. The molecular formula is C15H23N5. The minimum atomic E-state index is 0.431. The lowest BCUT2D eigenvalue weighted by Gasteiger charge is -2.09. The van der Waals surface area contributed by atoms with E-state index < -0.39 is 0 Å². The first kappa shape index (κ1) is 14.7. The van der Waals surface area contributed by atoms with Gasteiger partial charge in [0, 0.05) is 24.5 Å². The largest absolute Gasteiger partial charge is 0.309 e. The number of aromatic nitrogens is 4. The summed E-state index contributed by atoms with van der Waals surface area (Å²) in [6, 6.07) is 0.431. The van der Waals surface area contributed by atoms with Gasteiger partial charge in [-0.2, -0.15) is 5.10 Å². The van der Waals surface area contributed by atoms with Gasteiger partial charge in [0.1, 0.15) is 0 Å². The van der Waals surface area contributed by atoms with Crippen LogP contribution in [0.3, 0.4) is 0 Å². The van der Waals surface area contributed by atoms with Crippen molar-refractivity contribution in [1.82, 2.24) is 25.1 Å². The molecule has 0 amide bonds. The van der Waals surface area contributed by atoms with E-state index in [2.05, 4.69) is 48.1 Å². The van der Waals surface area contributed by atoms with E-state index in [4.69, 9.17) is 0 Å². The summed E-state index contributed by atoms with van der Waals surface area (Å²) in [6.07, 6.45) is 4.54. The normalized spacial score (nSPS) is 11.3. The first-order valence-corrected chi connectivity index (χ1v) is 7.12. The Morgan fingerprint density at radius 2 is 2.00 bits per heavy atom. The van der Waals surface area contributed by atoms with E-state index in [-0.39, 0.29) is 0 Å². The van der Waals surface area contributed by atoms with Crippen molar-refractivity contribution in [3.63, 3.8) is 0 Å². The summed E-state index contributed by atoms with van der Waals surface area (Å²) in [5.74, 6) is 0.786. The Hall–Kier alpha value is -1.75. The summed E-state index contributed by atoms with van der Waals surface area (Å²) >= 11 is 0. The van der Waals surface area contributed by atoms with Gasteiger partial charge in [0.05, 0.1) is 17.6 Å². The van der Waals surface area contributed by atoms with Gasteiger partial charge in [0.25, 0.3) is 0 Å². The average molecular weight is 273 g/mol. The van der Waals surface area contributed by atoms with Crippen molar-refractivity contribution in [3.05, 3.63) is 35.0 Å². The van der Waals surface area contributed by atoms with E-state index in [1.165, 1.54) is 5.56 Å². The molecule has 0 unspecified atom stereocenters. The minimum absolute atomic E-state index is 0.431. The number of hydrogen-bond donors (Lipinski definition) is 1. The zero-order valence-corrected chi connectivity index (χ0v) is 12.9. The third-order valence-corrected chi connectivity index (χ3v) is 3.37. The van der Waals surface area contributed by atoms with Gasteiger partial charge >= 0.3 is 0 Å². The van der Waals surface area contributed by atoms with E-state index in [0.717, 1.165) is 35.9 Å². The fourth-order valence-electron chi connectivity index (χ4n) is 2.30. The number of hydrogen-bond acceptors (Lipinski definition) is 4. The topological polar surface area (TPSA) is 55.6 Å². The molecule has 0 bridgehead atoms. The first-order valence-electron chi connectivity index (χ1n) is 7.12. The van der Waals surface area contributed by atoms with Gasteiger partial charge < -0.3 is 5.32 Å². The third kappa shape index (κ3) is 3.04. The average Bonchev–Trinajstić information content (AvgIpc) is 2.71. The van der Waals surface area contributed by atoms with E-state index in [0.29, 0.717) is 6.04 Å². The van der Waals surface area contributed by atoms with E-state index in [9.17, 15) is 0 Å². The molecule has 20 heavy (non-hydrogen) atoms. The van der Waals surface area contributed by atoms with E-state index in [1.54, 1.807) is 12.4 Å². The SMILES string of the molecule is CCc1c(C)nn(-c2cncc(CNC(C)C)n2)c1C. The monoisotopic (exact) mass is 273 g/mol. The van der Waals surface area contributed by atoms with Crippen LogP contribution in [0.5, 0.6) is 0 Å². The second-order valence-electron chi connectivity index (χ2n) is 5.32. The predicted octanol–water partition coefficient (Wildman–Crippen LogP) is 2.34. The lowest BCUT2D eigenvalue weighted by molar-refractivity contribution is 0.578. The fourth-order valence-corrected chi connectivity index (χ4v) is 2.30. The predicted molar refractivity (Wildman–Crippen MR) is 80.0 cm³/mol. The lowest BCUT2D eigenvalue weighted by Crippen LogP contribution is -2.22. The van der Waals surface area contributed by atoms with Crippen LogP contribution >= 0.6 is 0 Å². The Balaban J connectivity index is 2.31. The molecule has 0 aliphatic rings. The fraction of sp³-hybridized carbons (Fsp3) is 0.533. The smallest absolute Gasteiger partial charge is 0.172 e. The zero-order valence-electron chi connectivity index (χ0n) is 12.9. The molecular weight excluding hydrogens is 250 g/mol. The van der Waals surface area contributed by atoms with Crippen LogP contribution in [0, 0.1) is 13.8 Å². The highest BCUT2D eigenvalue weighted by Crippen LogP contribution is 2.16. The van der Waals surface area contributed by atoms with Gasteiger partial charge in [0.2, 0.25) is 0 Å². The maximum absolute atomic E-state index is 4.64. The zero-order chi connectivity index (χ0) is 14.7. The van der Waals surface area contributed by atoms with Crippen LogP contribution in [0.4, 0.5) is 0 Å². The number of aryl methyl sites for hydroxylation is 1. The summed E-state index contributed by atoms with van der Waals surface area (Å²) in [6.45, 7) is 11.2. The molecule has 0 saturated heterocycles. The molecule has 0 aliphatic heterocycles. The highest BCUT2D eigenvalue weighted by Gasteiger charge is 2.12. The number of rotatable bonds is 5. The van der Waals surface area contributed by atoms with Crippen LogP contribution in [0.25, 0.3) is 5.82 Å². The van der Waals surface area contributed by atoms with E-state index >= 15 is 0 Å². The van der Waals surface area contributed by atoms with Crippen LogP contribution in [0.2, 0.25) is 0 Å². The molecule has 0 aromatic carbocycles. The molecule has 5 nitrogen and oxygen atoms in total. The van der Waals surface area contributed by atoms with Gasteiger partial charge in [-0.15, -0.1) is 0 Å². The van der Waals surface area contributed by atoms with Crippen molar-refractivity contribution in [2.24, 2.45) is 0 Å². The van der Waals surface area contributed by atoms with Gasteiger partial charge in [-0.3, -0.25) is 4.98 Å². The second kappa shape index (κ2) is 6.13. The Morgan fingerprint density at radius 3 is 2.60 bits per heavy atom. The highest BCUT2D eigenvalue weighted by molar-refractivity contribution is 5.31. The molecule has 0 radical (unpaired) electrons. The standard InChI is InChI=1S/C15H23N5/c1-6-14-11(4)19-20(12(14)5)15-9-16-7-13(18-15)8-17-10(2)3/h7,9-10,17H,6,8H2,1-5H3. The van der Waals surface area contributed by atoms with Crippen LogP contribution in [-0.4, -0.2) is 25.8 Å². The Bertz CT molecular complexity index is 586. The Kier molecular flexibility index (Phi) is 4.49. The molecule has 0 aliphatic carbocycles. The molecule has 2 rings (SSSR count). The lowest BCUT2D eigenvalue weighted by atomic mass is 10.1. The summed E-state index contributed by atoms with van der Waals surface area (Å²) in [7, 11) is 0. The molecule has 2 aromatic heterocycles. The van der Waals surface area contributed by atoms with Gasteiger partial charge in [0.15, 0.2) is 5.82 Å². The number of nitrogens with zero attached hydrogens (tertiary/aromatic N) is 4. The van der Waals surface area contributed by atoms with Crippen LogP contribution in [-0.2, 0) is 13.0 Å². The van der Waals surface area contributed by atoms with Crippen molar-refractivity contribution in [2.45, 2.75) is 53.6 Å². The van der Waals surface area contributed by atoms with Gasteiger partial charge in [-0.25, -0.2) is 9.67 Å². The van der Waals surface area contributed by atoms with Crippen molar-refractivity contribution >= 4 is 0 Å². The first-order chi connectivity index (χ1) is 9.52. The molecule has 2 aromatic rings. The molecule has 5 heteroatoms. The van der Waals surface area contributed by atoms with Crippen molar-refractivity contribution < 1.29 is 0 Å². The molecule has 0 fully saturated rings. The summed E-state index contributed by atoms with van der Waals surface area (Å²) < 4.78 is 1.89. The summed E-state index contributed by atoms with van der Waals surface area (Å²) in [4.78, 5) is 8.92. The van der Waals surface area contributed by atoms with Crippen molar-refractivity contribution in [1.29, 1.82) is 0 Å². The summed E-state index contributed by atoms with van der Waals surface area (Å²) in [5, 5.41) is 7.93. The molecule has 0 spiro atoms. The van der Waals surface area contributed by atoms with Gasteiger partial charge in [-0.1, -0.05) is 20.8 Å². The van der Waals surface area contributed by atoms with Crippen LogP contribution in [0.1, 0.15) is 43.4 Å². The third-order valence-electron chi connectivity index (χ3n) is 3.37. The molecule has 0 saturated carbocycles. The number of nitrogens with one attached hydrogen (secondary N) is 1. The Morgan fingerprint density at radius 1 is 1.25 bits per heavy atom. The highest BCUT2D eigenvalue weighted by atomic mass is 15.3. The maximum Gasteiger partial charge on any atom is 0.172 e. The molecule has 108 valence electrons. The van der Waals surface area contributed by atoms with E-state index in [1.807, 2.05) is 11.6 Å². The Labute approximate surface area is 120 Å². The maximum atomic E-state index is 4.64. The van der Waals surface area contributed by atoms with Crippen molar-refractivity contribution in [3.8, 4) is 5.82 Å². The van der Waals surface area contributed by atoms with Crippen molar-refractivity contribution in [2.75, 3.05) is 0 Å².